The van der Waals surface area contributed by atoms with Gasteiger partial charge < -0.3 is 9.64 Å². The lowest BCUT2D eigenvalue weighted by Crippen LogP contribution is -2.38. The molecule has 1 fully saturated rings. The molecule has 1 saturated heterocycles. The molecule has 0 aromatic rings. The second-order valence-corrected chi connectivity index (χ2v) is 7.08. The number of hydrogen-bond acceptors (Lipinski definition) is 2. The van der Waals surface area contributed by atoms with Crippen LogP contribution in [0.2, 0.25) is 0 Å². The number of amidine groups is 1. The van der Waals surface area contributed by atoms with Crippen LogP contribution < -0.4 is 0 Å². The zero-order valence-electron chi connectivity index (χ0n) is 6.62. The zero-order chi connectivity index (χ0) is 9.90. The van der Waals surface area contributed by atoms with Crippen LogP contribution in [0.1, 0.15) is 0 Å². The molecule has 0 radical (unpaired) electrons. The summed E-state index contributed by atoms with van der Waals surface area (Å²) in [7, 11) is 0. The Morgan fingerprint density at radius 2 is 1.92 bits per heavy atom. The summed E-state index contributed by atoms with van der Waals surface area (Å²) in [6, 6.07) is 0. The normalized spacial score (nSPS) is 20.5. The summed E-state index contributed by atoms with van der Waals surface area (Å²) in [5.74, 6) is -3.47. The molecule has 4 nitrogen and oxygen atoms in total. The van der Waals surface area contributed by atoms with Crippen LogP contribution in [0.4, 0.5) is 0 Å². The highest BCUT2D eigenvalue weighted by atomic mass is 35.9. The molecule has 13 heavy (non-hydrogen) atoms. The van der Waals surface area contributed by atoms with Gasteiger partial charge in [-0.2, -0.15) is 4.76 Å². The Labute approximate surface area is 90.8 Å². The van der Waals surface area contributed by atoms with Crippen molar-refractivity contribution in [3.8, 4) is 0 Å². The average Bonchev–Trinajstić information content (AvgIpc) is 2.03. The Balaban J connectivity index is 2.60. The molecule has 0 atom stereocenters. The van der Waals surface area contributed by atoms with E-state index in [2.05, 4.69) is 4.76 Å². The van der Waals surface area contributed by atoms with Gasteiger partial charge in [0, 0.05) is 13.1 Å². The van der Waals surface area contributed by atoms with Crippen molar-refractivity contribution in [1.29, 1.82) is 0 Å². The Bertz CT molecular complexity index is 248. The minimum absolute atomic E-state index is 0.0802. The second kappa shape index (κ2) is 4.85. The van der Waals surface area contributed by atoms with Crippen molar-refractivity contribution >= 4 is 45.4 Å². The minimum Gasteiger partial charge on any atom is -0.378 e. The molecule has 0 amide bonds. The fourth-order valence-electron chi connectivity index (χ4n) is 0.907. The molecule has 0 bridgehead atoms. The number of morpholine rings is 1. The lowest BCUT2D eigenvalue weighted by atomic mass is 10.5. The van der Waals surface area contributed by atoms with Gasteiger partial charge in [-0.3, -0.25) is 4.57 Å². The van der Waals surface area contributed by atoms with Gasteiger partial charge in [-0.25, -0.2) is 0 Å². The molecular weight excluding hydrogens is 257 g/mol. The zero-order valence-corrected chi connectivity index (χ0v) is 9.78. The van der Waals surface area contributed by atoms with E-state index >= 15 is 0 Å². The third-order valence-electron chi connectivity index (χ3n) is 1.47. The summed E-state index contributed by atoms with van der Waals surface area (Å²) >= 11 is 16.2. The molecule has 0 unspecified atom stereocenters. The molecule has 76 valence electrons. The number of ether oxygens (including phenoxy) is 1. The van der Waals surface area contributed by atoms with Crippen LogP contribution in [0.3, 0.4) is 0 Å². The van der Waals surface area contributed by atoms with Crippen LogP contribution >= 0.6 is 40.1 Å². The van der Waals surface area contributed by atoms with Crippen molar-refractivity contribution in [2.45, 2.75) is 0 Å². The van der Waals surface area contributed by atoms with Gasteiger partial charge in [-0.15, -0.1) is 0 Å². The van der Waals surface area contributed by atoms with E-state index in [1.54, 1.807) is 4.90 Å². The van der Waals surface area contributed by atoms with Crippen LogP contribution in [0.15, 0.2) is 4.76 Å². The lowest BCUT2D eigenvalue weighted by Gasteiger charge is -2.26. The molecule has 8 heteroatoms. The Morgan fingerprint density at radius 3 is 2.38 bits per heavy atom. The van der Waals surface area contributed by atoms with Gasteiger partial charge in [0.1, 0.15) is 0 Å². The molecule has 0 spiro atoms. The predicted octanol–water partition coefficient (Wildman–Crippen LogP) is 2.50. The first-order chi connectivity index (χ1) is 5.99. The van der Waals surface area contributed by atoms with Crippen molar-refractivity contribution in [2.24, 2.45) is 4.76 Å². The van der Waals surface area contributed by atoms with E-state index in [0.717, 1.165) is 0 Å². The SMILES string of the molecule is O=P(Cl)(Cl)/N=C(\Cl)N1CCOCC1. The number of nitrogens with zero attached hydrogens (tertiary/aromatic N) is 2. The van der Waals surface area contributed by atoms with Crippen molar-refractivity contribution in [3.05, 3.63) is 0 Å². The highest BCUT2D eigenvalue weighted by Gasteiger charge is 2.18. The summed E-state index contributed by atoms with van der Waals surface area (Å²) in [5.41, 5.74) is 0. The van der Waals surface area contributed by atoms with Crippen LogP contribution in [0.25, 0.3) is 0 Å². The smallest absolute Gasteiger partial charge is 0.366 e. The average molecular weight is 265 g/mol. The predicted molar refractivity (Wildman–Crippen MR) is 55.0 cm³/mol. The highest BCUT2D eigenvalue weighted by molar-refractivity contribution is 8.07. The molecule has 0 aliphatic carbocycles. The fourth-order valence-corrected chi connectivity index (χ4v) is 2.38. The molecule has 1 rings (SSSR count). The quantitative estimate of drug-likeness (QED) is 0.317. The molecule has 1 aliphatic heterocycles. The van der Waals surface area contributed by atoms with Gasteiger partial charge >= 0.3 is 6.00 Å². The monoisotopic (exact) mass is 264 g/mol. The number of rotatable bonds is 1. The lowest BCUT2D eigenvalue weighted by molar-refractivity contribution is 0.0692. The van der Waals surface area contributed by atoms with E-state index in [-0.39, 0.29) is 5.29 Å². The maximum Gasteiger partial charge on any atom is 0.366 e. The van der Waals surface area contributed by atoms with Crippen molar-refractivity contribution in [3.63, 3.8) is 0 Å². The minimum atomic E-state index is -3.47. The standard InChI is InChI=1S/C5H8Cl3N2O2P/c6-5(9-13(7,8)11)10-1-3-12-4-2-10/h1-4H2/b9-5+. The summed E-state index contributed by atoms with van der Waals surface area (Å²) in [6.07, 6.45) is 0. The Morgan fingerprint density at radius 1 is 1.38 bits per heavy atom. The van der Waals surface area contributed by atoms with Gasteiger partial charge in [0.25, 0.3) is 0 Å². The van der Waals surface area contributed by atoms with Gasteiger partial charge in [-0.05, 0) is 34.1 Å². The van der Waals surface area contributed by atoms with Crippen LogP contribution in [0.5, 0.6) is 0 Å². The van der Waals surface area contributed by atoms with Crippen molar-refractivity contribution in [1.82, 2.24) is 4.90 Å². The molecule has 0 aromatic carbocycles. The molecule has 1 aliphatic rings. The van der Waals surface area contributed by atoms with E-state index < -0.39 is 6.00 Å². The largest absolute Gasteiger partial charge is 0.378 e. The van der Waals surface area contributed by atoms with Gasteiger partial charge in [-0.1, -0.05) is 0 Å². The van der Waals surface area contributed by atoms with Crippen molar-refractivity contribution < 1.29 is 9.30 Å². The summed E-state index contributed by atoms with van der Waals surface area (Å²) in [5, 5.41) is 0.0802. The first kappa shape index (κ1) is 11.6. The van der Waals surface area contributed by atoms with Crippen LogP contribution in [0, 0.1) is 0 Å². The number of hydrogen-bond donors (Lipinski definition) is 0. The summed E-state index contributed by atoms with van der Waals surface area (Å²) in [6.45, 7) is 2.35. The van der Waals surface area contributed by atoms with E-state index in [1.165, 1.54) is 0 Å². The second-order valence-electron chi connectivity index (χ2n) is 2.40. The van der Waals surface area contributed by atoms with E-state index in [9.17, 15) is 4.57 Å². The molecular formula is C5H8Cl3N2O2P. The number of halogens is 3. The van der Waals surface area contributed by atoms with Crippen LogP contribution in [-0.4, -0.2) is 36.5 Å². The summed E-state index contributed by atoms with van der Waals surface area (Å²) < 4.78 is 19.4. The highest BCUT2D eigenvalue weighted by Crippen LogP contribution is 2.58. The first-order valence-electron chi connectivity index (χ1n) is 3.57. The first-order valence-corrected chi connectivity index (χ1v) is 7.41. The molecule has 0 aromatic heterocycles. The van der Waals surface area contributed by atoms with E-state index in [0.29, 0.717) is 26.3 Å². The maximum absolute atomic E-state index is 10.9. The van der Waals surface area contributed by atoms with E-state index in [4.69, 9.17) is 38.8 Å². The topological polar surface area (TPSA) is 41.9 Å². The van der Waals surface area contributed by atoms with Crippen molar-refractivity contribution in [2.75, 3.05) is 26.3 Å². The van der Waals surface area contributed by atoms with Crippen LogP contribution in [-0.2, 0) is 9.30 Å². The summed E-state index contributed by atoms with van der Waals surface area (Å²) in [4.78, 5) is 1.71. The van der Waals surface area contributed by atoms with E-state index in [1.807, 2.05) is 0 Å². The fraction of sp³-hybridized carbons (Fsp3) is 0.800. The third kappa shape index (κ3) is 4.52. The maximum atomic E-state index is 10.9. The molecule has 0 saturated carbocycles. The molecule has 0 N–H and O–H groups in total. The van der Waals surface area contributed by atoms with Gasteiger partial charge in [0.15, 0.2) is 0 Å². The van der Waals surface area contributed by atoms with Gasteiger partial charge in [0.05, 0.1) is 13.2 Å². The molecule has 1 heterocycles. The Hall–Kier alpha value is 0.530. The van der Waals surface area contributed by atoms with Gasteiger partial charge in [0.2, 0.25) is 5.29 Å². The Kier molecular flexibility index (Phi) is 4.33. The third-order valence-corrected chi connectivity index (χ3v) is 2.79.